The number of esters is 1. The molecule has 0 aromatic heterocycles. The van der Waals surface area contributed by atoms with Crippen LogP contribution < -0.4 is 0 Å². The van der Waals surface area contributed by atoms with Gasteiger partial charge in [0.15, 0.2) is 11.9 Å². The molecule has 0 spiro atoms. The van der Waals surface area contributed by atoms with E-state index >= 15 is 0 Å². The van der Waals surface area contributed by atoms with Crippen LogP contribution in [0.5, 0.6) is 0 Å². The zero-order valence-corrected chi connectivity index (χ0v) is 10.6. The molecule has 0 aliphatic rings. The fourth-order valence-electron chi connectivity index (χ4n) is 1.76. The van der Waals surface area contributed by atoms with E-state index in [1.165, 1.54) is 0 Å². The highest BCUT2D eigenvalue weighted by atomic mass is 16.5. The molecule has 0 saturated carbocycles. The lowest BCUT2D eigenvalue weighted by Crippen LogP contribution is -2.36. The quantitative estimate of drug-likeness (QED) is 0.618. The van der Waals surface area contributed by atoms with Gasteiger partial charge in [0.05, 0.1) is 12.5 Å². The summed E-state index contributed by atoms with van der Waals surface area (Å²) in [7, 11) is 0. The van der Waals surface area contributed by atoms with Gasteiger partial charge in [-0.05, 0) is 13.3 Å². The fourth-order valence-corrected chi connectivity index (χ4v) is 1.76. The van der Waals surface area contributed by atoms with Crippen molar-refractivity contribution in [2.45, 2.75) is 26.4 Å². The van der Waals surface area contributed by atoms with Crippen molar-refractivity contribution in [3.8, 4) is 0 Å². The van der Waals surface area contributed by atoms with Crippen molar-refractivity contribution in [3.63, 3.8) is 0 Å². The van der Waals surface area contributed by atoms with Crippen molar-refractivity contribution in [1.82, 2.24) is 0 Å². The van der Waals surface area contributed by atoms with Crippen molar-refractivity contribution in [2.24, 2.45) is 5.92 Å². The van der Waals surface area contributed by atoms with Gasteiger partial charge in [0.2, 0.25) is 0 Å². The first-order valence-electron chi connectivity index (χ1n) is 6.05. The summed E-state index contributed by atoms with van der Waals surface area (Å²) < 4.78 is 4.73. The maximum atomic E-state index is 12.2. The molecule has 0 radical (unpaired) electrons. The van der Waals surface area contributed by atoms with Gasteiger partial charge in [-0.15, -0.1) is 0 Å². The number of ketones is 1. The second kappa shape index (κ2) is 6.91. The molecule has 18 heavy (non-hydrogen) atoms. The van der Waals surface area contributed by atoms with Gasteiger partial charge in [-0.25, -0.2) is 4.79 Å². The van der Waals surface area contributed by atoms with Crippen LogP contribution in [0, 0.1) is 5.92 Å². The van der Waals surface area contributed by atoms with Gasteiger partial charge >= 0.3 is 5.97 Å². The minimum absolute atomic E-state index is 0.186. The molecule has 0 amide bonds. The smallest absolute Gasteiger partial charge is 0.335 e. The molecule has 4 nitrogen and oxygen atoms in total. The number of ether oxygens (including phenoxy) is 1. The van der Waals surface area contributed by atoms with E-state index in [4.69, 9.17) is 4.74 Å². The van der Waals surface area contributed by atoms with Crippen molar-refractivity contribution < 1.29 is 19.4 Å². The molecule has 1 N–H and O–H groups in total. The molecule has 0 heterocycles. The van der Waals surface area contributed by atoms with Gasteiger partial charge < -0.3 is 9.84 Å². The molecule has 0 unspecified atom stereocenters. The van der Waals surface area contributed by atoms with Gasteiger partial charge in [-0.3, -0.25) is 4.79 Å². The maximum absolute atomic E-state index is 12.2. The average Bonchev–Trinajstić information content (AvgIpc) is 2.40. The molecule has 0 aliphatic heterocycles. The van der Waals surface area contributed by atoms with Crippen LogP contribution in [0.1, 0.15) is 30.6 Å². The highest BCUT2D eigenvalue weighted by molar-refractivity contribution is 6.00. The van der Waals surface area contributed by atoms with Crippen molar-refractivity contribution >= 4 is 11.8 Å². The van der Waals surface area contributed by atoms with E-state index in [-0.39, 0.29) is 12.4 Å². The number of aliphatic hydroxyl groups is 1. The number of hydrogen-bond donors (Lipinski definition) is 1. The molecule has 4 heteroatoms. The monoisotopic (exact) mass is 250 g/mol. The Hall–Kier alpha value is -1.68. The first-order chi connectivity index (χ1) is 8.61. The molecule has 1 rings (SSSR count). The minimum atomic E-state index is -1.40. The summed E-state index contributed by atoms with van der Waals surface area (Å²) in [5.74, 6) is -1.74. The van der Waals surface area contributed by atoms with Crippen LogP contribution in [0.4, 0.5) is 0 Å². The van der Waals surface area contributed by atoms with Crippen LogP contribution in [-0.4, -0.2) is 29.6 Å². The first kappa shape index (κ1) is 14.4. The second-order valence-electron chi connectivity index (χ2n) is 3.94. The van der Waals surface area contributed by atoms with Gasteiger partial charge in [-0.2, -0.15) is 0 Å². The minimum Gasteiger partial charge on any atom is -0.464 e. The lowest BCUT2D eigenvalue weighted by atomic mass is 9.90. The Morgan fingerprint density at radius 3 is 2.33 bits per heavy atom. The number of benzene rings is 1. The van der Waals surface area contributed by atoms with E-state index in [9.17, 15) is 14.7 Å². The van der Waals surface area contributed by atoms with Crippen molar-refractivity contribution in [1.29, 1.82) is 0 Å². The summed E-state index contributed by atoms with van der Waals surface area (Å²) in [4.78, 5) is 23.6. The van der Waals surface area contributed by atoms with Gasteiger partial charge in [0.25, 0.3) is 0 Å². The third kappa shape index (κ3) is 3.40. The summed E-state index contributed by atoms with van der Waals surface area (Å²) in [5.41, 5.74) is 0.493. The number of Topliss-reactive ketones (excluding diaryl/α,β-unsaturated/α-hetero) is 1. The van der Waals surface area contributed by atoms with E-state index in [1.807, 2.05) is 0 Å². The number of aliphatic hydroxyl groups excluding tert-OH is 1. The normalized spacial score (nSPS) is 13.7. The Morgan fingerprint density at radius 2 is 1.83 bits per heavy atom. The Morgan fingerprint density at radius 1 is 1.22 bits per heavy atom. The average molecular weight is 250 g/mol. The van der Waals surface area contributed by atoms with Crippen LogP contribution in [0.15, 0.2) is 30.3 Å². The molecule has 0 bridgehead atoms. The molecule has 0 saturated heterocycles. The first-order valence-corrected chi connectivity index (χ1v) is 6.05. The summed E-state index contributed by atoms with van der Waals surface area (Å²) in [6, 6.07) is 8.64. The van der Waals surface area contributed by atoms with E-state index in [0.29, 0.717) is 12.0 Å². The molecular formula is C14H18O4. The van der Waals surface area contributed by atoms with Crippen molar-refractivity contribution in [2.75, 3.05) is 6.61 Å². The Bertz CT molecular complexity index is 400. The van der Waals surface area contributed by atoms with Gasteiger partial charge in [0, 0.05) is 5.56 Å². The Balaban J connectivity index is 2.83. The Kier molecular flexibility index (Phi) is 5.52. The van der Waals surface area contributed by atoms with Gasteiger partial charge in [0.1, 0.15) is 0 Å². The zero-order valence-electron chi connectivity index (χ0n) is 10.6. The van der Waals surface area contributed by atoms with Crippen LogP contribution in [0.25, 0.3) is 0 Å². The summed E-state index contributed by atoms with van der Waals surface area (Å²) in [6.07, 6.45) is -1.02. The summed E-state index contributed by atoms with van der Waals surface area (Å²) in [5, 5.41) is 9.84. The molecule has 0 aliphatic carbocycles. The lowest BCUT2D eigenvalue weighted by molar-refractivity contribution is -0.155. The zero-order chi connectivity index (χ0) is 13.5. The Labute approximate surface area is 107 Å². The standard InChI is InChI=1S/C14H18O4/c1-3-11(13(16)14(17)18-4-2)12(15)10-8-6-5-7-9-10/h5-9,11,13,16H,3-4H2,1-2H3/t11-,13+/m1/s1. The highest BCUT2D eigenvalue weighted by Crippen LogP contribution is 2.17. The number of rotatable bonds is 6. The molecule has 1 aromatic carbocycles. The molecular weight excluding hydrogens is 232 g/mol. The predicted molar refractivity (Wildman–Crippen MR) is 67.2 cm³/mol. The summed E-state index contributed by atoms with van der Waals surface area (Å²) >= 11 is 0. The molecule has 2 atom stereocenters. The highest BCUT2D eigenvalue weighted by Gasteiger charge is 2.32. The molecule has 0 fully saturated rings. The largest absolute Gasteiger partial charge is 0.464 e. The fraction of sp³-hybridized carbons (Fsp3) is 0.429. The van der Waals surface area contributed by atoms with Crippen LogP contribution in [0.3, 0.4) is 0 Å². The predicted octanol–water partition coefficient (Wildman–Crippen LogP) is 1.82. The van der Waals surface area contributed by atoms with E-state index in [2.05, 4.69) is 0 Å². The number of carbonyl (C=O) groups is 2. The van der Waals surface area contributed by atoms with Crippen LogP contribution in [0.2, 0.25) is 0 Å². The summed E-state index contributed by atoms with van der Waals surface area (Å²) in [6.45, 7) is 3.60. The third-order valence-electron chi connectivity index (χ3n) is 2.74. The maximum Gasteiger partial charge on any atom is 0.335 e. The van der Waals surface area contributed by atoms with Crippen molar-refractivity contribution in [3.05, 3.63) is 35.9 Å². The second-order valence-corrected chi connectivity index (χ2v) is 3.94. The topological polar surface area (TPSA) is 63.6 Å². The van der Waals surface area contributed by atoms with E-state index in [1.54, 1.807) is 44.2 Å². The number of carbonyl (C=O) groups excluding carboxylic acids is 2. The van der Waals surface area contributed by atoms with E-state index < -0.39 is 18.0 Å². The SMILES string of the molecule is CCOC(=O)[C@@H](O)[C@H](CC)C(=O)c1ccccc1. The number of hydrogen-bond acceptors (Lipinski definition) is 4. The van der Waals surface area contributed by atoms with Crippen LogP contribution in [-0.2, 0) is 9.53 Å². The lowest BCUT2D eigenvalue weighted by Gasteiger charge is -2.18. The van der Waals surface area contributed by atoms with E-state index in [0.717, 1.165) is 0 Å². The molecule has 98 valence electrons. The third-order valence-corrected chi connectivity index (χ3v) is 2.74. The van der Waals surface area contributed by atoms with Gasteiger partial charge in [-0.1, -0.05) is 37.3 Å². The molecule has 1 aromatic rings. The van der Waals surface area contributed by atoms with Crippen LogP contribution >= 0.6 is 0 Å².